The van der Waals surface area contributed by atoms with Crippen molar-refractivity contribution in [1.82, 2.24) is 0 Å². The normalized spacial score (nSPS) is 20.5. The number of nitrogens with zero attached hydrogens (tertiary/aromatic N) is 1. The van der Waals surface area contributed by atoms with Gasteiger partial charge in [-0.3, -0.25) is 0 Å². The molecule has 1 aromatic rings. The Labute approximate surface area is 156 Å². The highest BCUT2D eigenvalue weighted by molar-refractivity contribution is 7.13. The predicted molar refractivity (Wildman–Crippen MR) is 105 cm³/mol. The summed E-state index contributed by atoms with van der Waals surface area (Å²) < 4.78 is 11.8. The van der Waals surface area contributed by atoms with Crippen LogP contribution in [0.2, 0.25) is 0 Å². The van der Waals surface area contributed by atoms with Crippen LogP contribution in [0.5, 0.6) is 0 Å². The Morgan fingerprint density at radius 2 is 1.88 bits per heavy atom. The van der Waals surface area contributed by atoms with Crippen molar-refractivity contribution < 1.29 is 9.47 Å². The number of ether oxygens (including phenoxy) is 2. The van der Waals surface area contributed by atoms with Gasteiger partial charge in [0.25, 0.3) is 0 Å². The Hall–Kier alpha value is -1.02. The Kier molecular flexibility index (Phi) is 5.48. The van der Waals surface area contributed by atoms with Gasteiger partial charge in [-0.1, -0.05) is 11.8 Å². The van der Waals surface area contributed by atoms with Crippen molar-refractivity contribution in [2.24, 2.45) is 5.41 Å². The largest absolute Gasteiger partial charge is 0.368 e. The minimum atomic E-state index is -0.275. The Balaban J connectivity index is 1.73. The molecule has 25 heavy (non-hydrogen) atoms. The minimum Gasteiger partial charge on any atom is -0.368 e. The zero-order valence-electron chi connectivity index (χ0n) is 16.3. The summed E-state index contributed by atoms with van der Waals surface area (Å²) in [5.41, 5.74) is 1.40. The molecule has 0 N–H and O–H groups in total. The predicted octanol–water partition coefficient (Wildman–Crippen LogP) is 4.97. The van der Waals surface area contributed by atoms with Crippen LogP contribution in [-0.4, -0.2) is 31.6 Å². The highest BCUT2D eigenvalue weighted by atomic mass is 32.1. The van der Waals surface area contributed by atoms with Crippen molar-refractivity contribution in [2.75, 3.05) is 24.7 Å². The van der Waals surface area contributed by atoms with Gasteiger partial charge in [-0.05, 0) is 53.5 Å². The fourth-order valence-corrected chi connectivity index (χ4v) is 4.72. The summed E-state index contributed by atoms with van der Waals surface area (Å²) >= 11 is 1.82. The first kappa shape index (κ1) is 18.8. The summed E-state index contributed by atoms with van der Waals surface area (Å²) in [4.78, 5) is 5.11. The van der Waals surface area contributed by atoms with E-state index in [2.05, 4.69) is 57.4 Å². The average molecular weight is 362 g/mol. The fraction of sp³-hybridized carbons (Fsp3) is 0.714. The maximum absolute atomic E-state index is 5.88. The molecule has 1 saturated carbocycles. The van der Waals surface area contributed by atoms with E-state index in [1.807, 2.05) is 11.3 Å². The van der Waals surface area contributed by atoms with E-state index in [-0.39, 0.29) is 11.2 Å². The Morgan fingerprint density at radius 1 is 1.24 bits per heavy atom. The summed E-state index contributed by atoms with van der Waals surface area (Å²) in [6.07, 6.45) is 4.28. The lowest BCUT2D eigenvalue weighted by Gasteiger charge is -2.41. The van der Waals surface area contributed by atoms with E-state index < -0.39 is 0 Å². The zero-order valence-corrected chi connectivity index (χ0v) is 17.1. The molecule has 1 aromatic heterocycles. The molecule has 0 amide bonds. The first-order valence-corrected chi connectivity index (χ1v) is 10.3. The number of hydrogen-bond acceptors (Lipinski definition) is 4. The zero-order chi connectivity index (χ0) is 18.1. The van der Waals surface area contributed by atoms with E-state index >= 15 is 0 Å². The van der Waals surface area contributed by atoms with Crippen molar-refractivity contribution in [1.29, 1.82) is 0 Å². The summed E-state index contributed by atoms with van der Waals surface area (Å²) in [5.74, 6) is 6.45. The SMILES string of the molecule is CCN(c1cc(C#CC(C)(C)C)sc1C)C1CCC2(CC1)OCCO2. The van der Waals surface area contributed by atoms with Gasteiger partial charge in [0, 0.05) is 35.7 Å². The van der Waals surface area contributed by atoms with Crippen LogP contribution in [-0.2, 0) is 9.47 Å². The topological polar surface area (TPSA) is 21.7 Å². The van der Waals surface area contributed by atoms with Gasteiger partial charge in [0.15, 0.2) is 5.79 Å². The molecule has 4 heteroatoms. The van der Waals surface area contributed by atoms with Gasteiger partial charge in [0.05, 0.1) is 23.8 Å². The molecule has 2 fully saturated rings. The number of rotatable bonds is 3. The quantitative estimate of drug-likeness (QED) is 0.710. The smallest absolute Gasteiger partial charge is 0.168 e. The molecule has 1 aliphatic carbocycles. The molecule has 2 aliphatic rings. The molecule has 3 nitrogen and oxygen atoms in total. The van der Waals surface area contributed by atoms with Gasteiger partial charge in [0.1, 0.15) is 0 Å². The first-order valence-electron chi connectivity index (χ1n) is 9.50. The molecule has 1 spiro atoms. The molecular formula is C21H31NO2S. The highest BCUT2D eigenvalue weighted by Crippen LogP contribution is 2.40. The van der Waals surface area contributed by atoms with Crippen LogP contribution in [0.15, 0.2) is 6.07 Å². The van der Waals surface area contributed by atoms with Gasteiger partial charge >= 0.3 is 0 Å². The lowest BCUT2D eigenvalue weighted by atomic mass is 9.88. The Bertz CT molecular complexity index is 646. The van der Waals surface area contributed by atoms with Crippen molar-refractivity contribution in [3.8, 4) is 11.8 Å². The molecule has 0 radical (unpaired) electrons. The average Bonchev–Trinajstić information content (AvgIpc) is 3.15. The van der Waals surface area contributed by atoms with E-state index in [1.165, 1.54) is 15.4 Å². The van der Waals surface area contributed by atoms with Crippen molar-refractivity contribution in [3.05, 3.63) is 15.8 Å². The van der Waals surface area contributed by atoms with E-state index in [0.29, 0.717) is 6.04 Å². The second kappa shape index (κ2) is 7.31. The molecule has 1 saturated heterocycles. The Morgan fingerprint density at radius 3 is 2.44 bits per heavy atom. The summed E-state index contributed by atoms with van der Waals surface area (Å²) in [6.45, 7) is 13.5. The molecule has 0 aromatic carbocycles. The summed E-state index contributed by atoms with van der Waals surface area (Å²) in [6, 6.07) is 2.86. The van der Waals surface area contributed by atoms with Crippen LogP contribution in [0.4, 0.5) is 5.69 Å². The van der Waals surface area contributed by atoms with Gasteiger partial charge in [-0.2, -0.15) is 0 Å². The van der Waals surface area contributed by atoms with E-state index in [4.69, 9.17) is 9.47 Å². The fourth-order valence-electron chi connectivity index (χ4n) is 3.83. The summed E-state index contributed by atoms with van der Waals surface area (Å²) in [5, 5.41) is 0. The van der Waals surface area contributed by atoms with E-state index in [1.54, 1.807) is 0 Å². The van der Waals surface area contributed by atoms with Crippen molar-refractivity contribution >= 4 is 17.0 Å². The number of hydrogen-bond donors (Lipinski definition) is 0. The van der Waals surface area contributed by atoms with Crippen LogP contribution in [0, 0.1) is 24.2 Å². The van der Waals surface area contributed by atoms with Crippen LogP contribution >= 0.6 is 11.3 Å². The van der Waals surface area contributed by atoms with Crippen molar-refractivity contribution in [2.45, 2.75) is 72.1 Å². The van der Waals surface area contributed by atoms with Crippen LogP contribution < -0.4 is 4.90 Å². The third-order valence-electron chi connectivity index (χ3n) is 5.07. The van der Waals surface area contributed by atoms with Gasteiger partial charge in [-0.15, -0.1) is 11.3 Å². The molecule has 0 bridgehead atoms. The lowest BCUT2D eigenvalue weighted by Crippen LogP contribution is -2.44. The van der Waals surface area contributed by atoms with Gasteiger partial charge in [0.2, 0.25) is 0 Å². The highest BCUT2D eigenvalue weighted by Gasteiger charge is 2.41. The monoisotopic (exact) mass is 361 g/mol. The van der Waals surface area contributed by atoms with Gasteiger partial charge < -0.3 is 14.4 Å². The third kappa shape index (κ3) is 4.39. The number of thiophene rings is 1. The molecular weight excluding hydrogens is 330 g/mol. The lowest BCUT2D eigenvalue weighted by molar-refractivity contribution is -0.178. The maximum Gasteiger partial charge on any atom is 0.168 e. The molecule has 3 rings (SSSR count). The molecule has 2 heterocycles. The standard InChI is InChI=1S/C21H31NO2S/c1-6-22(17-7-11-21(12-8-17)23-13-14-24-21)19-15-18(25-16(19)2)9-10-20(3,4)5/h15,17H,6-8,11-14H2,1-5H3. The van der Waals surface area contributed by atoms with Crippen molar-refractivity contribution in [3.63, 3.8) is 0 Å². The van der Waals surface area contributed by atoms with E-state index in [0.717, 1.165) is 45.4 Å². The second-order valence-electron chi connectivity index (χ2n) is 8.18. The first-order chi connectivity index (χ1) is 11.8. The van der Waals surface area contributed by atoms with Gasteiger partial charge in [-0.25, -0.2) is 0 Å². The van der Waals surface area contributed by atoms with Crippen LogP contribution in [0.1, 0.15) is 63.1 Å². The molecule has 138 valence electrons. The summed E-state index contributed by atoms with van der Waals surface area (Å²) in [7, 11) is 0. The molecule has 1 aliphatic heterocycles. The molecule has 0 unspecified atom stereocenters. The number of anilines is 1. The second-order valence-corrected chi connectivity index (χ2v) is 9.43. The van der Waals surface area contributed by atoms with Crippen LogP contribution in [0.25, 0.3) is 0 Å². The molecule has 0 atom stereocenters. The third-order valence-corrected chi connectivity index (χ3v) is 6.03. The van der Waals surface area contributed by atoms with E-state index in [9.17, 15) is 0 Å². The maximum atomic E-state index is 5.88. The number of aryl methyl sites for hydroxylation is 1. The van der Waals surface area contributed by atoms with Crippen LogP contribution in [0.3, 0.4) is 0 Å². The minimum absolute atomic E-state index is 0.0431.